The second-order valence-corrected chi connectivity index (χ2v) is 8.70. The van der Waals surface area contributed by atoms with Crippen molar-refractivity contribution >= 4 is 38.6 Å². The number of allylic oxidation sites excluding steroid dienone is 1. The molecule has 3 rings (SSSR count). The first kappa shape index (κ1) is 19.9. The molecule has 4 nitrogen and oxygen atoms in total. The standard InChI is InChI=1S/C17H11Cl2F3N2O2S/c1-27(25,26)11-5-2-9(3-6-11)15-14(16(24-23-15)17(20,21)22)12-7-4-10(18)8-13(12)19/h2-8,15H,1H3. The number of rotatable bonds is 3. The fourth-order valence-electron chi connectivity index (χ4n) is 2.68. The lowest BCUT2D eigenvalue weighted by atomic mass is 9.92. The van der Waals surface area contributed by atoms with E-state index in [0.29, 0.717) is 5.56 Å². The van der Waals surface area contributed by atoms with Gasteiger partial charge in [-0.2, -0.15) is 18.3 Å². The SMILES string of the molecule is CS(=O)(=O)c1ccc(C2N=NC(C(F)(F)F)=C2c2ccc(Cl)cc2Cl)cc1. The zero-order chi connectivity index (χ0) is 20.0. The van der Waals surface area contributed by atoms with E-state index in [0.717, 1.165) is 6.26 Å². The highest BCUT2D eigenvalue weighted by Gasteiger charge is 2.43. The van der Waals surface area contributed by atoms with Gasteiger partial charge in [0.25, 0.3) is 0 Å². The summed E-state index contributed by atoms with van der Waals surface area (Å²) >= 11 is 12.0. The quantitative estimate of drug-likeness (QED) is 0.605. The molecule has 0 amide bonds. The molecular formula is C17H11Cl2F3N2O2S. The number of benzene rings is 2. The number of nitrogens with zero attached hydrogens (tertiary/aromatic N) is 2. The van der Waals surface area contributed by atoms with Crippen molar-refractivity contribution in [2.75, 3.05) is 6.26 Å². The number of hydrogen-bond donors (Lipinski definition) is 0. The minimum Gasteiger partial charge on any atom is -0.224 e. The lowest BCUT2D eigenvalue weighted by Gasteiger charge is -2.16. The van der Waals surface area contributed by atoms with Crippen LogP contribution in [0.5, 0.6) is 0 Å². The van der Waals surface area contributed by atoms with Gasteiger partial charge in [0, 0.05) is 27.4 Å². The Hall–Kier alpha value is -1.90. The lowest BCUT2D eigenvalue weighted by Crippen LogP contribution is -2.12. The van der Waals surface area contributed by atoms with Crippen molar-refractivity contribution < 1.29 is 21.6 Å². The van der Waals surface area contributed by atoms with Crippen molar-refractivity contribution in [2.45, 2.75) is 17.1 Å². The molecule has 1 atom stereocenters. The summed E-state index contributed by atoms with van der Waals surface area (Å²) < 4.78 is 63.5. The third-order valence-electron chi connectivity index (χ3n) is 3.92. The summed E-state index contributed by atoms with van der Waals surface area (Å²) in [5.74, 6) is 0. The highest BCUT2D eigenvalue weighted by atomic mass is 35.5. The van der Waals surface area contributed by atoms with Crippen molar-refractivity contribution in [2.24, 2.45) is 10.2 Å². The summed E-state index contributed by atoms with van der Waals surface area (Å²) in [7, 11) is -3.44. The Balaban J connectivity index is 2.15. The third-order valence-corrected chi connectivity index (χ3v) is 5.59. The average Bonchev–Trinajstić information content (AvgIpc) is 2.99. The van der Waals surface area contributed by atoms with Crippen LogP contribution in [0.25, 0.3) is 5.57 Å². The molecule has 0 bridgehead atoms. The zero-order valence-electron chi connectivity index (χ0n) is 13.6. The van der Waals surface area contributed by atoms with Crippen LogP contribution in [0.2, 0.25) is 10.0 Å². The first-order valence-electron chi connectivity index (χ1n) is 7.46. The molecule has 2 aromatic carbocycles. The van der Waals surface area contributed by atoms with Crippen molar-refractivity contribution in [3.63, 3.8) is 0 Å². The molecule has 1 heterocycles. The Morgan fingerprint density at radius 2 is 1.67 bits per heavy atom. The summed E-state index contributed by atoms with van der Waals surface area (Å²) in [4.78, 5) is 0.0484. The van der Waals surface area contributed by atoms with Gasteiger partial charge < -0.3 is 0 Å². The van der Waals surface area contributed by atoms with Crippen molar-refractivity contribution in [3.05, 3.63) is 69.3 Å². The first-order valence-corrected chi connectivity index (χ1v) is 10.1. The van der Waals surface area contributed by atoms with Gasteiger partial charge in [-0.25, -0.2) is 8.42 Å². The fourth-order valence-corrected chi connectivity index (χ4v) is 3.82. The smallest absolute Gasteiger partial charge is 0.224 e. The number of hydrogen-bond acceptors (Lipinski definition) is 4. The van der Waals surface area contributed by atoms with Gasteiger partial charge in [-0.3, -0.25) is 0 Å². The topological polar surface area (TPSA) is 58.9 Å². The van der Waals surface area contributed by atoms with Gasteiger partial charge in [-0.1, -0.05) is 41.4 Å². The average molecular weight is 435 g/mol. The summed E-state index contributed by atoms with van der Waals surface area (Å²) in [5, 5.41) is 7.39. The number of azo groups is 1. The molecule has 142 valence electrons. The van der Waals surface area contributed by atoms with Crippen molar-refractivity contribution in [3.8, 4) is 0 Å². The van der Waals surface area contributed by atoms with E-state index in [1.165, 1.54) is 42.5 Å². The predicted molar refractivity (Wildman–Crippen MR) is 96.6 cm³/mol. The normalized spacial score (nSPS) is 17.6. The van der Waals surface area contributed by atoms with Gasteiger partial charge in [-0.05, 0) is 29.8 Å². The molecule has 0 aliphatic carbocycles. The summed E-state index contributed by atoms with van der Waals surface area (Å²) in [5.41, 5.74) is -0.901. The first-order chi connectivity index (χ1) is 12.5. The van der Waals surface area contributed by atoms with Crippen LogP contribution in [0.1, 0.15) is 17.2 Å². The van der Waals surface area contributed by atoms with Gasteiger partial charge in [0.05, 0.1) is 4.90 Å². The largest absolute Gasteiger partial charge is 0.435 e. The Morgan fingerprint density at radius 1 is 1.04 bits per heavy atom. The van der Waals surface area contributed by atoms with Crippen LogP contribution in [0.15, 0.2) is 63.3 Å². The Labute approximate surface area is 163 Å². The molecule has 10 heteroatoms. The Kier molecular flexibility index (Phi) is 5.09. The minimum atomic E-state index is -4.73. The maximum absolute atomic E-state index is 13.5. The highest BCUT2D eigenvalue weighted by Crippen LogP contribution is 2.48. The molecule has 1 aliphatic heterocycles. The van der Waals surface area contributed by atoms with E-state index in [9.17, 15) is 21.6 Å². The maximum atomic E-state index is 13.5. The van der Waals surface area contributed by atoms with E-state index in [1.54, 1.807) is 0 Å². The molecule has 0 aromatic heterocycles. The minimum absolute atomic E-state index is 0.0318. The molecule has 0 spiro atoms. The van der Waals surface area contributed by atoms with E-state index in [1.807, 2.05) is 0 Å². The van der Waals surface area contributed by atoms with Gasteiger partial charge in [0.2, 0.25) is 0 Å². The maximum Gasteiger partial charge on any atom is 0.435 e. The zero-order valence-corrected chi connectivity index (χ0v) is 16.0. The lowest BCUT2D eigenvalue weighted by molar-refractivity contribution is -0.0918. The molecule has 1 aliphatic rings. The number of halogens is 5. The van der Waals surface area contributed by atoms with Crippen LogP contribution >= 0.6 is 23.2 Å². The van der Waals surface area contributed by atoms with E-state index in [2.05, 4.69) is 10.2 Å². The molecule has 0 radical (unpaired) electrons. The van der Waals surface area contributed by atoms with E-state index < -0.39 is 27.8 Å². The van der Waals surface area contributed by atoms with Gasteiger partial charge >= 0.3 is 6.18 Å². The second kappa shape index (κ2) is 6.92. The third kappa shape index (κ3) is 4.02. The van der Waals surface area contributed by atoms with E-state index in [4.69, 9.17) is 23.2 Å². The number of sulfone groups is 1. The fraction of sp³-hybridized carbons (Fsp3) is 0.176. The van der Waals surface area contributed by atoms with Crippen LogP contribution < -0.4 is 0 Å². The molecule has 2 aromatic rings. The summed E-state index contributed by atoms with van der Waals surface area (Å²) in [6.45, 7) is 0. The van der Waals surface area contributed by atoms with Gasteiger partial charge in [0.1, 0.15) is 6.04 Å². The molecule has 0 saturated carbocycles. The molecule has 0 saturated heterocycles. The van der Waals surface area contributed by atoms with Crippen LogP contribution in [0.3, 0.4) is 0 Å². The van der Waals surface area contributed by atoms with Crippen LogP contribution in [0.4, 0.5) is 13.2 Å². The van der Waals surface area contributed by atoms with Crippen LogP contribution in [-0.2, 0) is 9.84 Å². The number of alkyl halides is 3. The summed E-state index contributed by atoms with van der Waals surface area (Å²) in [6.07, 6.45) is -3.69. The Bertz CT molecular complexity index is 1060. The van der Waals surface area contributed by atoms with Crippen molar-refractivity contribution in [1.82, 2.24) is 0 Å². The van der Waals surface area contributed by atoms with E-state index >= 15 is 0 Å². The molecule has 0 N–H and O–H groups in total. The van der Waals surface area contributed by atoms with E-state index in [-0.39, 0.29) is 26.1 Å². The molecule has 27 heavy (non-hydrogen) atoms. The Morgan fingerprint density at radius 3 is 2.19 bits per heavy atom. The highest BCUT2D eigenvalue weighted by molar-refractivity contribution is 7.90. The molecule has 0 fully saturated rings. The second-order valence-electron chi connectivity index (χ2n) is 5.84. The molecule has 1 unspecified atom stereocenters. The molecular weight excluding hydrogens is 424 g/mol. The summed E-state index contributed by atoms with van der Waals surface area (Å²) in [6, 6.07) is 8.49. The van der Waals surface area contributed by atoms with Gasteiger partial charge in [-0.15, -0.1) is 5.11 Å². The van der Waals surface area contributed by atoms with Gasteiger partial charge in [0.15, 0.2) is 15.5 Å². The monoisotopic (exact) mass is 434 g/mol. The van der Waals surface area contributed by atoms with Crippen molar-refractivity contribution in [1.29, 1.82) is 0 Å². The van der Waals surface area contributed by atoms with Crippen LogP contribution in [0, 0.1) is 0 Å². The van der Waals surface area contributed by atoms with Crippen LogP contribution in [-0.4, -0.2) is 20.8 Å². The predicted octanol–water partition coefficient (Wildman–Crippen LogP) is 5.88.